The van der Waals surface area contributed by atoms with Crippen LogP contribution in [0.25, 0.3) is 11.2 Å². The molecule has 0 radical (unpaired) electrons. The van der Waals surface area contributed by atoms with Crippen molar-refractivity contribution < 1.29 is 5.11 Å². The molecule has 162 valence electrons. The number of imidazole rings is 1. The summed E-state index contributed by atoms with van der Waals surface area (Å²) < 4.78 is 1.70. The van der Waals surface area contributed by atoms with Crippen LogP contribution in [-0.4, -0.2) is 42.1 Å². The van der Waals surface area contributed by atoms with Crippen LogP contribution in [0.4, 0.5) is 5.82 Å². The summed E-state index contributed by atoms with van der Waals surface area (Å²) in [5.41, 5.74) is 9.57. The molecule has 3 aromatic rings. The number of nitrogens with two attached hydrogens (primary N) is 1. The van der Waals surface area contributed by atoms with Crippen molar-refractivity contribution >= 4 is 17.0 Å². The smallest absolute Gasteiger partial charge is 0.296 e. The molecule has 0 fully saturated rings. The van der Waals surface area contributed by atoms with Gasteiger partial charge in [-0.1, -0.05) is 44.0 Å². The summed E-state index contributed by atoms with van der Waals surface area (Å²) in [5.74, 6) is 1.02. The van der Waals surface area contributed by atoms with Crippen molar-refractivity contribution in [2.45, 2.75) is 72.0 Å². The van der Waals surface area contributed by atoms with E-state index in [1.54, 1.807) is 4.57 Å². The standard InChI is InChI=1S/C23H34N6O/c1-6-7-8-9-18-25-20(24)19-21(26-18)29(22(30)27-19)15-17-12-10-16(11-13-17)14-28(5)23(2,3)4/h10-13H,6-9,14-15H2,1-5H3,(H,27,30)(H2,24,25,26). The molecule has 0 atom stereocenters. The van der Waals surface area contributed by atoms with Crippen molar-refractivity contribution in [3.63, 3.8) is 0 Å². The third-order valence-corrected chi connectivity index (χ3v) is 5.58. The van der Waals surface area contributed by atoms with E-state index in [0.717, 1.165) is 37.8 Å². The molecule has 0 amide bonds. The van der Waals surface area contributed by atoms with Crippen LogP contribution in [0.1, 0.15) is 63.9 Å². The summed E-state index contributed by atoms with van der Waals surface area (Å²) in [6.07, 6.45) is 4.06. The Hall–Kier alpha value is -2.67. The van der Waals surface area contributed by atoms with Gasteiger partial charge in [0.25, 0.3) is 6.01 Å². The van der Waals surface area contributed by atoms with Gasteiger partial charge in [0.2, 0.25) is 0 Å². The number of nitrogen functional groups attached to an aromatic ring is 1. The Bertz CT molecular complexity index is 988. The molecule has 3 rings (SSSR count). The maximum atomic E-state index is 10.4. The fourth-order valence-electron chi connectivity index (χ4n) is 3.29. The van der Waals surface area contributed by atoms with Crippen LogP contribution in [0, 0.1) is 0 Å². The van der Waals surface area contributed by atoms with Gasteiger partial charge in [-0.25, -0.2) is 9.97 Å². The van der Waals surface area contributed by atoms with E-state index in [1.165, 1.54) is 5.56 Å². The zero-order valence-corrected chi connectivity index (χ0v) is 18.8. The predicted octanol–water partition coefficient (Wildman–Crippen LogP) is 4.13. The first kappa shape index (κ1) is 22.0. The predicted molar refractivity (Wildman–Crippen MR) is 121 cm³/mol. The Morgan fingerprint density at radius 1 is 1.03 bits per heavy atom. The van der Waals surface area contributed by atoms with Gasteiger partial charge in [-0.05, 0) is 45.4 Å². The highest BCUT2D eigenvalue weighted by Gasteiger charge is 2.18. The first-order chi connectivity index (χ1) is 14.2. The van der Waals surface area contributed by atoms with Crippen LogP contribution in [0.3, 0.4) is 0 Å². The average molecular weight is 411 g/mol. The van der Waals surface area contributed by atoms with Gasteiger partial charge in [-0.3, -0.25) is 9.47 Å². The molecule has 1 aromatic carbocycles. The second kappa shape index (κ2) is 9.00. The number of benzene rings is 1. The Morgan fingerprint density at radius 2 is 1.70 bits per heavy atom. The quantitative estimate of drug-likeness (QED) is 0.543. The third-order valence-electron chi connectivity index (χ3n) is 5.58. The van der Waals surface area contributed by atoms with Crippen molar-refractivity contribution in [3.8, 4) is 6.01 Å². The van der Waals surface area contributed by atoms with E-state index in [4.69, 9.17) is 5.73 Å². The molecular formula is C23H34N6O. The largest absolute Gasteiger partial charge is 0.480 e. The summed E-state index contributed by atoms with van der Waals surface area (Å²) >= 11 is 0. The molecule has 2 aromatic heterocycles. The minimum Gasteiger partial charge on any atom is -0.480 e. The van der Waals surface area contributed by atoms with Crippen LogP contribution in [-0.2, 0) is 19.5 Å². The summed E-state index contributed by atoms with van der Waals surface area (Å²) in [6, 6.07) is 8.35. The van der Waals surface area contributed by atoms with Gasteiger partial charge in [-0.15, -0.1) is 0 Å². The van der Waals surface area contributed by atoms with Gasteiger partial charge in [0.05, 0.1) is 6.54 Å². The summed E-state index contributed by atoms with van der Waals surface area (Å²) in [6.45, 7) is 10.1. The molecule has 7 heteroatoms. The Morgan fingerprint density at radius 3 is 2.33 bits per heavy atom. The molecule has 3 N–H and O–H groups in total. The normalized spacial score (nSPS) is 12.2. The van der Waals surface area contributed by atoms with E-state index in [1.807, 2.05) is 0 Å². The second-order valence-electron chi connectivity index (χ2n) is 9.00. The molecule has 7 nitrogen and oxygen atoms in total. The molecule has 0 unspecified atom stereocenters. The van der Waals surface area contributed by atoms with Crippen molar-refractivity contribution in [2.24, 2.45) is 0 Å². The maximum absolute atomic E-state index is 10.4. The van der Waals surface area contributed by atoms with E-state index in [-0.39, 0.29) is 11.5 Å². The first-order valence-corrected chi connectivity index (χ1v) is 10.7. The minimum atomic E-state index is -0.0896. The lowest BCUT2D eigenvalue weighted by molar-refractivity contribution is 0.167. The Kier molecular flexibility index (Phi) is 6.61. The Labute approximate surface area is 179 Å². The van der Waals surface area contributed by atoms with E-state index in [0.29, 0.717) is 29.4 Å². The summed E-state index contributed by atoms with van der Waals surface area (Å²) in [4.78, 5) is 15.5. The van der Waals surface area contributed by atoms with Crippen LogP contribution < -0.4 is 5.73 Å². The maximum Gasteiger partial charge on any atom is 0.296 e. The van der Waals surface area contributed by atoms with Crippen molar-refractivity contribution in [1.29, 1.82) is 0 Å². The highest BCUT2D eigenvalue weighted by molar-refractivity contribution is 5.82. The lowest BCUT2D eigenvalue weighted by Gasteiger charge is -2.31. The highest BCUT2D eigenvalue weighted by Crippen LogP contribution is 2.25. The van der Waals surface area contributed by atoms with Gasteiger partial charge >= 0.3 is 0 Å². The number of aryl methyl sites for hydroxylation is 1. The number of rotatable bonds is 8. The van der Waals surface area contributed by atoms with Crippen molar-refractivity contribution in [2.75, 3.05) is 12.8 Å². The lowest BCUT2D eigenvalue weighted by Crippen LogP contribution is -2.37. The third kappa shape index (κ3) is 5.08. The topological polar surface area (TPSA) is 93.1 Å². The second-order valence-corrected chi connectivity index (χ2v) is 9.00. The Balaban J connectivity index is 1.82. The number of hydrogen-bond acceptors (Lipinski definition) is 6. The number of fused-ring (bicyclic) bond motifs is 1. The number of aromatic hydroxyl groups is 1. The summed E-state index contributed by atoms with van der Waals surface area (Å²) in [5, 5.41) is 10.4. The van der Waals surface area contributed by atoms with Gasteiger partial charge in [0, 0.05) is 18.5 Å². The molecule has 0 spiro atoms. The number of aromatic nitrogens is 4. The summed E-state index contributed by atoms with van der Waals surface area (Å²) in [7, 11) is 2.13. The van der Waals surface area contributed by atoms with Crippen molar-refractivity contribution in [1.82, 2.24) is 24.4 Å². The molecule has 0 bridgehead atoms. The minimum absolute atomic E-state index is 0.0896. The number of hydrogen-bond donors (Lipinski definition) is 2. The zero-order valence-electron chi connectivity index (χ0n) is 18.8. The fraction of sp³-hybridized carbons (Fsp3) is 0.522. The molecule has 30 heavy (non-hydrogen) atoms. The number of anilines is 1. The van der Waals surface area contributed by atoms with Crippen LogP contribution in [0.5, 0.6) is 6.01 Å². The molecule has 0 aliphatic rings. The average Bonchev–Trinajstić information content (AvgIpc) is 2.99. The van der Waals surface area contributed by atoms with E-state index in [9.17, 15) is 5.11 Å². The van der Waals surface area contributed by atoms with E-state index >= 15 is 0 Å². The molecular weight excluding hydrogens is 376 g/mol. The monoisotopic (exact) mass is 410 g/mol. The molecule has 0 saturated heterocycles. The van der Waals surface area contributed by atoms with Crippen LogP contribution in [0.15, 0.2) is 24.3 Å². The van der Waals surface area contributed by atoms with Crippen molar-refractivity contribution in [3.05, 3.63) is 41.2 Å². The molecule has 0 aliphatic carbocycles. The van der Waals surface area contributed by atoms with Crippen LogP contribution in [0.2, 0.25) is 0 Å². The lowest BCUT2D eigenvalue weighted by atomic mass is 10.0. The van der Waals surface area contributed by atoms with Gasteiger partial charge < -0.3 is 10.8 Å². The van der Waals surface area contributed by atoms with E-state index in [2.05, 4.69) is 78.9 Å². The fourth-order valence-corrected chi connectivity index (χ4v) is 3.29. The van der Waals surface area contributed by atoms with Gasteiger partial charge in [0.15, 0.2) is 17.0 Å². The number of nitrogens with zero attached hydrogens (tertiary/aromatic N) is 5. The molecule has 0 aliphatic heterocycles. The van der Waals surface area contributed by atoms with E-state index < -0.39 is 0 Å². The highest BCUT2D eigenvalue weighted by atomic mass is 16.3. The zero-order chi connectivity index (χ0) is 21.9. The SMILES string of the molecule is CCCCCc1nc(N)c2nc(O)n(Cc3ccc(CN(C)C(C)(C)C)cc3)c2n1. The molecule has 2 heterocycles. The number of unbranched alkanes of at least 4 members (excludes halogenated alkanes) is 2. The van der Waals surface area contributed by atoms with Crippen LogP contribution >= 0.6 is 0 Å². The first-order valence-electron chi connectivity index (χ1n) is 10.7. The molecule has 0 saturated carbocycles. The van der Waals surface area contributed by atoms with Gasteiger partial charge in [0.1, 0.15) is 5.82 Å². The van der Waals surface area contributed by atoms with Gasteiger partial charge in [-0.2, -0.15) is 4.98 Å².